The first-order valence-electron chi connectivity index (χ1n) is 6.13. The number of halogens is 1. The molecule has 0 aliphatic heterocycles. The molecule has 0 unspecified atom stereocenters. The van der Waals surface area contributed by atoms with Crippen LogP contribution < -0.4 is 4.74 Å². The summed E-state index contributed by atoms with van der Waals surface area (Å²) in [7, 11) is 0. The van der Waals surface area contributed by atoms with Gasteiger partial charge in [-0.15, -0.1) is 0 Å². The van der Waals surface area contributed by atoms with Crippen molar-refractivity contribution in [1.82, 2.24) is 0 Å². The van der Waals surface area contributed by atoms with Crippen molar-refractivity contribution in [2.45, 2.75) is 26.4 Å². The SMILES string of the molecule is CC(C)c1ccccc1OCc1ccccc1Br. The minimum Gasteiger partial charge on any atom is -0.489 e. The summed E-state index contributed by atoms with van der Waals surface area (Å²) in [5.41, 5.74) is 2.42. The van der Waals surface area contributed by atoms with E-state index in [0.717, 1.165) is 15.8 Å². The molecule has 2 rings (SSSR count). The maximum Gasteiger partial charge on any atom is 0.123 e. The normalized spacial score (nSPS) is 10.7. The summed E-state index contributed by atoms with van der Waals surface area (Å²) in [6.07, 6.45) is 0. The second kappa shape index (κ2) is 6.05. The van der Waals surface area contributed by atoms with E-state index in [-0.39, 0.29) is 0 Å². The summed E-state index contributed by atoms with van der Waals surface area (Å²) in [6, 6.07) is 16.4. The molecule has 0 fully saturated rings. The average molecular weight is 305 g/mol. The zero-order valence-electron chi connectivity index (χ0n) is 10.7. The van der Waals surface area contributed by atoms with Gasteiger partial charge in [0.05, 0.1) is 0 Å². The molecular formula is C16H17BrO. The standard InChI is InChI=1S/C16H17BrO/c1-12(2)14-8-4-6-10-16(14)18-11-13-7-3-5-9-15(13)17/h3-10,12H,11H2,1-2H3. The summed E-state index contributed by atoms with van der Waals surface area (Å²) < 4.78 is 7.03. The predicted octanol–water partition coefficient (Wildman–Crippen LogP) is 5.15. The van der Waals surface area contributed by atoms with Crippen LogP contribution in [0.15, 0.2) is 53.0 Å². The van der Waals surface area contributed by atoms with Gasteiger partial charge in [-0.3, -0.25) is 0 Å². The van der Waals surface area contributed by atoms with Crippen LogP contribution in [0.4, 0.5) is 0 Å². The zero-order chi connectivity index (χ0) is 13.0. The van der Waals surface area contributed by atoms with Crippen LogP contribution in [-0.4, -0.2) is 0 Å². The third kappa shape index (κ3) is 3.14. The molecule has 0 aliphatic rings. The van der Waals surface area contributed by atoms with Gasteiger partial charge in [0, 0.05) is 10.0 Å². The van der Waals surface area contributed by atoms with Gasteiger partial charge in [0.1, 0.15) is 12.4 Å². The summed E-state index contributed by atoms with van der Waals surface area (Å²) in [5, 5.41) is 0. The van der Waals surface area contributed by atoms with E-state index in [1.54, 1.807) is 0 Å². The fraction of sp³-hybridized carbons (Fsp3) is 0.250. The van der Waals surface area contributed by atoms with Gasteiger partial charge in [0.15, 0.2) is 0 Å². The summed E-state index contributed by atoms with van der Waals surface area (Å²) >= 11 is 3.54. The molecule has 0 spiro atoms. The molecule has 2 aromatic carbocycles. The summed E-state index contributed by atoms with van der Waals surface area (Å²) in [4.78, 5) is 0. The quantitative estimate of drug-likeness (QED) is 0.759. The van der Waals surface area contributed by atoms with E-state index < -0.39 is 0 Å². The Morgan fingerprint density at radius 3 is 2.39 bits per heavy atom. The van der Waals surface area contributed by atoms with Gasteiger partial charge in [-0.25, -0.2) is 0 Å². The topological polar surface area (TPSA) is 9.23 Å². The summed E-state index contributed by atoms with van der Waals surface area (Å²) in [6.45, 7) is 4.95. The lowest BCUT2D eigenvalue weighted by Crippen LogP contribution is -2.00. The highest BCUT2D eigenvalue weighted by Crippen LogP contribution is 2.27. The van der Waals surface area contributed by atoms with Crippen molar-refractivity contribution in [2.24, 2.45) is 0 Å². The molecule has 0 atom stereocenters. The smallest absolute Gasteiger partial charge is 0.123 e. The van der Waals surface area contributed by atoms with Gasteiger partial charge in [-0.1, -0.05) is 66.2 Å². The van der Waals surface area contributed by atoms with Crippen LogP contribution in [0.5, 0.6) is 5.75 Å². The van der Waals surface area contributed by atoms with Gasteiger partial charge >= 0.3 is 0 Å². The maximum absolute atomic E-state index is 5.94. The zero-order valence-corrected chi connectivity index (χ0v) is 12.3. The Morgan fingerprint density at radius 1 is 1.00 bits per heavy atom. The molecule has 0 aromatic heterocycles. The van der Waals surface area contributed by atoms with Crippen molar-refractivity contribution in [2.75, 3.05) is 0 Å². The average Bonchev–Trinajstić information content (AvgIpc) is 2.38. The minimum absolute atomic E-state index is 0.473. The first-order chi connectivity index (χ1) is 8.68. The lowest BCUT2D eigenvalue weighted by molar-refractivity contribution is 0.301. The number of rotatable bonds is 4. The van der Waals surface area contributed by atoms with Crippen LogP contribution in [-0.2, 0) is 6.61 Å². The van der Waals surface area contributed by atoms with Crippen LogP contribution in [0.1, 0.15) is 30.9 Å². The van der Waals surface area contributed by atoms with E-state index in [0.29, 0.717) is 12.5 Å². The molecule has 0 saturated carbocycles. The van der Waals surface area contributed by atoms with E-state index in [2.05, 4.69) is 48.0 Å². The molecule has 2 aromatic rings. The molecule has 2 heteroatoms. The van der Waals surface area contributed by atoms with Gasteiger partial charge < -0.3 is 4.74 Å². The molecule has 0 aliphatic carbocycles. The number of para-hydroxylation sites is 1. The predicted molar refractivity (Wildman–Crippen MR) is 79.0 cm³/mol. The fourth-order valence-corrected chi connectivity index (χ4v) is 2.26. The Kier molecular flexibility index (Phi) is 4.43. The fourth-order valence-electron chi connectivity index (χ4n) is 1.86. The monoisotopic (exact) mass is 304 g/mol. The molecular weight excluding hydrogens is 288 g/mol. The van der Waals surface area contributed by atoms with Crippen LogP contribution in [0.3, 0.4) is 0 Å². The third-order valence-electron chi connectivity index (χ3n) is 2.88. The Morgan fingerprint density at radius 2 is 1.67 bits per heavy atom. The second-order valence-electron chi connectivity index (χ2n) is 4.57. The largest absolute Gasteiger partial charge is 0.489 e. The molecule has 1 nitrogen and oxygen atoms in total. The highest BCUT2D eigenvalue weighted by atomic mass is 79.9. The first-order valence-corrected chi connectivity index (χ1v) is 6.93. The van der Waals surface area contributed by atoms with Crippen molar-refractivity contribution >= 4 is 15.9 Å². The second-order valence-corrected chi connectivity index (χ2v) is 5.43. The molecule has 0 bridgehead atoms. The minimum atomic E-state index is 0.473. The van der Waals surface area contributed by atoms with Gasteiger partial charge in [-0.2, -0.15) is 0 Å². The van der Waals surface area contributed by atoms with Gasteiger partial charge in [0.2, 0.25) is 0 Å². The van der Waals surface area contributed by atoms with Crippen LogP contribution in [0.25, 0.3) is 0 Å². The van der Waals surface area contributed by atoms with E-state index in [9.17, 15) is 0 Å². The molecule has 0 amide bonds. The van der Waals surface area contributed by atoms with E-state index in [4.69, 9.17) is 4.74 Å². The Labute approximate surface area is 117 Å². The van der Waals surface area contributed by atoms with Crippen LogP contribution >= 0.6 is 15.9 Å². The highest BCUT2D eigenvalue weighted by Gasteiger charge is 2.07. The first kappa shape index (κ1) is 13.2. The number of hydrogen-bond donors (Lipinski definition) is 0. The number of benzene rings is 2. The van der Waals surface area contributed by atoms with Crippen molar-refractivity contribution < 1.29 is 4.74 Å². The molecule has 0 radical (unpaired) electrons. The van der Waals surface area contributed by atoms with E-state index >= 15 is 0 Å². The maximum atomic E-state index is 5.94. The molecule has 18 heavy (non-hydrogen) atoms. The van der Waals surface area contributed by atoms with Crippen molar-refractivity contribution in [3.8, 4) is 5.75 Å². The van der Waals surface area contributed by atoms with E-state index in [1.807, 2.05) is 30.3 Å². The van der Waals surface area contributed by atoms with Crippen molar-refractivity contribution in [1.29, 1.82) is 0 Å². The van der Waals surface area contributed by atoms with Crippen LogP contribution in [0, 0.1) is 0 Å². The third-order valence-corrected chi connectivity index (χ3v) is 3.66. The number of ether oxygens (including phenoxy) is 1. The summed E-state index contributed by atoms with van der Waals surface area (Å²) in [5.74, 6) is 1.45. The molecule has 0 N–H and O–H groups in total. The van der Waals surface area contributed by atoms with Gasteiger partial charge in [0.25, 0.3) is 0 Å². The Hall–Kier alpha value is -1.28. The Bertz CT molecular complexity index is 520. The van der Waals surface area contributed by atoms with Crippen LogP contribution in [0.2, 0.25) is 0 Å². The Balaban J connectivity index is 2.14. The molecule has 0 heterocycles. The van der Waals surface area contributed by atoms with Gasteiger partial charge in [-0.05, 0) is 23.6 Å². The van der Waals surface area contributed by atoms with Crippen molar-refractivity contribution in [3.63, 3.8) is 0 Å². The highest BCUT2D eigenvalue weighted by molar-refractivity contribution is 9.10. The number of hydrogen-bond acceptors (Lipinski definition) is 1. The van der Waals surface area contributed by atoms with Crippen molar-refractivity contribution in [3.05, 3.63) is 64.1 Å². The molecule has 94 valence electrons. The molecule has 0 saturated heterocycles. The lowest BCUT2D eigenvalue weighted by Gasteiger charge is -2.14. The lowest BCUT2D eigenvalue weighted by atomic mass is 10.0. The van der Waals surface area contributed by atoms with E-state index in [1.165, 1.54) is 5.56 Å².